The molecule has 0 fully saturated rings. The number of thioether (sulfide) groups is 1. The molecular formula is C16H21N5O3S3. The van der Waals surface area contributed by atoms with E-state index in [2.05, 4.69) is 20.8 Å². The number of rotatable bonds is 9. The zero-order chi connectivity index (χ0) is 19.2. The van der Waals surface area contributed by atoms with E-state index >= 15 is 0 Å². The number of carbonyl (C=O) groups excluding carboxylic acids is 2. The van der Waals surface area contributed by atoms with Crippen LogP contribution in [-0.4, -0.2) is 48.0 Å². The maximum atomic E-state index is 12.3. The molecule has 1 aliphatic rings. The van der Waals surface area contributed by atoms with Crippen molar-refractivity contribution in [3.05, 3.63) is 16.0 Å². The first-order valence-corrected chi connectivity index (χ1v) is 11.1. The number of thiophene rings is 1. The van der Waals surface area contributed by atoms with E-state index in [-0.39, 0.29) is 11.7 Å². The topological polar surface area (TPSA) is 119 Å². The molecule has 0 atom stereocenters. The van der Waals surface area contributed by atoms with Crippen molar-refractivity contribution in [2.75, 3.05) is 36.6 Å². The highest BCUT2D eigenvalue weighted by Crippen LogP contribution is 2.38. The lowest BCUT2D eigenvalue weighted by Gasteiger charge is -2.11. The fraction of sp³-hybridized carbons (Fsp3) is 0.500. The summed E-state index contributed by atoms with van der Waals surface area (Å²) in [6, 6.07) is 0. The van der Waals surface area contributed by atoms with E-state index in [0.29, 0.717) is 33.2 Å². The second-order valence-electron chi connectivity index (χ2n) is 5.91. The second-order valence-corrected chi connectivity index (χ2v) is 9.21. The van der Waals surface area contributed by atoms with Crippen LogP contribution in [-0.2, 0) is 22.4 Å². The minimum Gasteiger partial charge on any atom is -0.383 e. The number of aromatic nitrogens is 2. The van der Waals surface area contributed by atoms with Gasteiger partial charge in [-0.3, -0.25) is 9.59 Å². The number of nitrogens with one attached hydrogen (secondary N) is 2. The fourth-order valence-corrected chi connectivity index (χ4v) is 5.69. The fourth-order valence-electron chi connectivity index (χ4n) is 2.80. The standard InChI is InChI=1S/C16H21N5O3S3/c1-24-7-6-18-15-20-21-16(27-15)25-8-11(22)19-14-12(13(17)23)9-4-2-3-5-10(9)26-14/h2-8H2,1H3,(H2,17,23)(H,18,20)(H,19,22). The molecule has 146 valence electrons. The van der Waals surface area contributed by atoms with Crippen LogP contribution in [0.25, 0.3) is 0 Å². The summed E-state index contributed by atoms with van der Waals surface area (Å²) in [5.74, 6) is -0.480. The summed E-state index contributed by atoms with van der Waals surface area (Å²) in [7, 11) is 1.63. The Morgan fingerprint density at radius 1 is 1.26 bits per heavy atom. The number of methoxy groups -OCH3 is 1. The molecule has 0 aromatic carbocycles. The molecule has 4 N–H and O–H groups in total. The monoisotopic (exact) mass is 427 g/mol. The number of ether oxygens (including phenoxy) is 1. The lowest BCUT2D eigenvalue weighted by atomic mass is 9.95. The van der Waals surface area contributed by atoms with E-state index in [1.165, 1.54) is 34.4 Å². The second kappa shape index (κ2) is 9.49. The summed E-state index contributed by atoms with van der Waals surface area (Å²) in [6.07, 6.45) is 3.94. The first-order valence-electron chi connectivity index (χ1n) is 8.51. The SMILES string of the molecule is COCCNc1nnc(SCC(=O)Nc2sc3c(c2C(N)=O)CCCC3)s1. The number of primary amides is 1. The summed E-state index contributed by atoms with van der Waals surface area (Å²) in [6.45, 7) is 1.23. The molecule has 0 aliphatic heterocycles. The Bertz CT molecular complexity index is 820. The quantitative estimate of drug-likeness (QED) is 0.415. The minimum atomic E-state index is -0.478. The molecule has 2 aromatic heterocycles. The summed E-state index contributed by atoms with van der Waals surface area (Å²) < 4.78 is 5.67. The van der Waals surface area contributed by atoms with Crippen molar-refractivity contribution in [3.8, 4) is 0 Å². The van der Waals surface area contributed by atoms with Gasteiger partial charge in [0, 0.05) is 18.5 Å². The van der Waals surface area contributed by atoms with Gasteiger partial charge in [-0.25, -0.2) is 0 Å². The van der Waals surface area contributed by atoms with Crippen molar-refractivity contribution in [2.45, 2.75) is 30.0 Å². The van der Waals surface area contributed by atoms with Gasteiger partial charge in [-0.15, -0.1) is 21.5 Å². The Balaban J connectivity index is 1.57. The van der Waals surface area contributed by atoms with Crippen LogP contribution in [0.1, 0.15) is 33.6 Å². The molecule has 11 heteroatoms. The molecule has 0 saturated carbocycles. The van der Waals surface area contributed by atoms with Crippen LogP contribution >= 0.6 is 34.4 Å². The van der Waals surface area contributed by atoms with E-state index in [1.807, 2.05) is 0 Å². The van der Waals surface area contributed by atoms with Crippen molar-refractivity contribution >= 4 is 56.4 Å². The average Bonchev–Trinajstić information content (AvgIpc) is 3.24. The first kappa shape index (κ1) is 20.1. The molecule has 1 aliphatic carbocycles. The third kappa shape index (κ3) is 5.18. The van der Waals surface area contributed by atoms with Gasteiger partial charge in [-0.2, -0.15) is 0 Å². The summed E-state index contributed by atoms with van der Waals surface area (Å²) in [5.41, 5.74) is 7.05. The van der Waals surface area contributed by atoms with Crippen molar-refractivity contribution < 1.29 is 14.3 Å². The molecule has 2 heterocycles. The van der Waals surface area contributed by atoms with Crippen LogP contribution in [0.3, 0.4) is 0 Å². The van der Waals surface area contributed by atoms with Crippen molar-refractivity contribution in [2.24, 2.45) is 5.73 Å². The normalized spacial score (nSPS) is 13.2. The van der Waals surface area contributed by atoms with Crippen LogP contribution < -0.4 is 16.4 Å². The lowest BCUT2D eigenvalue weighted by molar-refractivity contribution is -0.113. The van der Waals surface area contributed by atoms with Crippen molar-refractivity contribution in [1.29, 1.82) is 0 Å². The number of carbonyl (C=O) groups is 2. The van der Waals surface area contributed by atoms with Crippen LogP contribution in [0, 0.1) is 0 Å². The molecule has 0 bridgehead atoms. The molecule has 2 aromatic rings. The van der Waals surface area contributed by atoms with Gasteiger partial charge >= 0.3 is 0 Å². The van der Waals surface area contributed by atoms with E-state index in [1.54, 1.807) is 7.11 Å². The predicted octanol–water partition coefficient (Wildman–Crippen LogP) is 2.37. The van der Waals surface area contributed by atoms with Gasteiger partial charge in [0.25, 0.3) is 5.91 Å². The van der Waals surface area contributed by atoms with E-state index in [9.17, 15) is 9.59 Å². The summed E-state index contributed by atoms with van der Waals surface area (Å²) >= 11 is 4.16. The Hall–Kier alpha value is -1.69. The highest BCUT2D eigenvalue weighted by Gasteiger charge is 2.25. The lowest BCUT2D eigenvalue weighted by Crippen LogP contribution is -2.19. The van der Waals surface area contributed by atoms with Gasteiger partial charge < -0.3 is 21.1 Å². The molecule has 8 nitrogen and oxygen atoms in total. The van der Waals surface area contributed by atoms with E-state index < -0.39 is 5.91 Å². The maximum absolute atomic E-state index is 12.3. The van der Waals surface area contributed by atoms with Gasteiger partial charge in [0.15, 0.2) is 4.34 Å². The van der Waals surface area contributed by atoms with Crippen LogP contribution in [0.15, 0.2) is 4.34 Å². The number of nitrogens with two attached hydrogens (primary N) is 1. The Kier molecular flexibility index (Phi) is 7.05. The van der Waals surface area contributed by atoms with Gasteiger partial charge in [-0.1, -0.05) is 23.1 Å². The molecule has 0 radical (unpaired) electrons. The highest BCUT2D eigenvalue weighted by molar-refractivity contribution is 8.01. The zero-order valence-corrected chi connectivity index (χ0v) is 17.3. The minimum absolute atomic E-state index is 0.188. The maximum Gasteiger partial charge on any atom is 0.251 e. The summed E-state index contributed by atoms with van der Waals surface area (Å²) in [4.78, 5) is 25.4. The number of fused-ring (bicyclic) bond motifs is 1. The molecule has 0 saturated heterocycles. The van der Waals surface area contributed by atoms with Crippen molar-refractivity contribution in [3.63, 3.8) is 0 Å². The van der Waals surface area contributed by atoms with Crippen LogP contribution in [0.5, 0.6) is 0 Å². The van der Waals surface area contributed by atoms with E-state index in [4.69, 9.17) is 10.5 Å². The molecule has 0 unspecified atom stereocenters. The molecule has 3 rings (SSSR count). The molecule has 0 spiro atoms. The largest absolute Gasteiger partial charge is 0.383 e. The van der Waals surface area contributed by atoms with Gasteiger partial charge in [0.1, 0.15) is 5.00 Å². The third-order valence-electron chi connectivity index (χ3n) is 3.99. The number of hydrogen-bond donors (Lipinski definition) is 3. The molecule has 2 amide bonds. The van der Waals surface area contributed by atoms with E-state index in [0.717, 1.165) is 36.1 Å². The smallest absolute Gasteiger partial charge is 0.251 e. The number of hydrogen-bond acceptors (Lipinski definition) is 9. The molecular weight excluding hydrogens is 406 g/mol. The number of amides is 2. The highest BCUT2D eigenvalue weighted by atomic mass is 32.2. The van der Waals surface area contributed by atoms with Gasteiger partial charge in [-0.05, 0) is 31.2 Å². The van der Waals surface area contributed by atoms with Crippen LogP contribution in [0.2, 0.25) is 0 Å². The van der Waals surface area contributed by atoms with Crippen LogP contribution in [0.4, 0.5) is 10.1 Å². The average molecular weight is 428 g/mol. The molecule has 27 heavy (non-hydrogen) atoms. The third-order valence-corrected chi connectivity index (χ3v) is 7.21. The number of nitrogens with zero attached hydrogens (tertiary/aromatic N) is 2. The van der Waals surface area contributed by atoms with Gasteiger partial charge in [0.2, 0.25) is 11.0 Å². The Morgan fingerprint density at radius 2 is 2.07 bits per heavy atom. The van der Waals surface area contributed by atoms with Gasteiger partial charge in [0.05, 0.1) is 17.9 Å². The summed E-state index contributed by atoms with van der Waals surface area (Å²) in [5, 5.41) is 15.3. The predicted molar refractivity (Wildman–Crippen MR) is 109 cm³/mol. The number of aryl methyl sites for hydroxylation is 1. The number of anilines is 2. The Labute approximate surface area is 169 Å². The zero-order valence-electron chi connectivity index (χ0n) is 14.9. The van der Waals surface area contributed by atoms with Crippen molar-refractivity contribution in [1.82, 2.24) is 10.2 Å². The Morgan fingerprint density at radius 3 is 2.85 bits per heavy atom. The first-order chi connectivity index (χ1) is 13.1.